The Morgan fingerprint density at radius 1 is 1.62 bits per heavy atom. The van der Waals surface area contributed by atoms with Gasteiger partial charge < -0.3 is 10.6 Å². The maximum Gasteiger partial charge on any atom is 0.269 e. The summed E-state index contributed by atoms with van der Waals surface area (Å²) in [7, 11) is 1.75. The van der Waals surface area contributed by atoms with Crippen LogP contribution in [0.5, 0.6) is 0 Å². The lowest BCUT2D eigenvalue weighted by Gasteiger charge is -2.13. The van der Waals surface area contributed by atoms with Crippen LogP contribution in [-0.2, 0) is 7.05 Å². The molecule has 2 N–H and O–H groups in total. The van der Waals surface area contributed by atoms with Gasteiger partial charge in [-0.05, 0) is 19.5 Å². The number of aromatic nitrogens is 2. The standard InChI is InChI=1S/C10H18N4O.ClH/c1-4-11-8(2)7-12-10(15)9-5-6-13-14(9)3;/h5-6,8,11H,4,7H2,1-3H3,(H,12,15);1H/t8-;/m1./s1. The highest BCUT2D eigenvalue weighted by atomic mass is 35.5. The minimum absolute atomic E-state index is 0. The van der Waals surface area contributed by atoms with Crippen LogP contribution in [0.25, 0.3) is 0 Å². The topological polar surface area (TPSA) is 58.9 Å². The van der Waals surface area contributed by atoms with E-state index in [2.05, 4.69) is 15.7 Å². The molecule has 92 valence electrons. The maximum absolute atomic E-state index is 11.6. The van der Waals surface area contributed by atoms with Gasteiger partial charge in [0.25, 0.3) is 5.91 Å². The van der Waals surface area contributed by atoms with Crippen LogP contribution in [0.1, 0.15) is 24.3 Å². The number of rotatable bonds is 5. The zero-order valence-corrected chi connectivity index (χ0v) is 10.7. The number of hydrogen-bond donors (Lipinski definition) is 2. The lowest BCUT2D eigenvalue weighted by molar-refractivity contribution is 0.0941. The van der Waals surface area contributed by atoms with E-state index in [0.717, 1.165) is 6.54 Å². The second kappa shape index (κ2) is 7.24. The van der Waals surface area contributed by atoms with Gasteiger partial charge in [0.1, 0.15) is 5.69 Å². The molecule has 1 heterocycles. The average molecular weight is 247 g/mol. The van der Waals surface area contributed by atoms with E-state index in [1.807, 2.05) is 13.8 Å². The zero-order valence-electron chi connectivity index (χ0n) is 9.86. The summed E-state index contributed by atoms with van der Waals surface area (Å²) >= 11 is 0. The van der Waals surface area contributed by atoms with Gasteiger partial charge in [-0.15, -0.1) is 12.4 Å². The summed E-state index contributed by atoms with van der Waals surface area (Å²) in [5.41, 5.74) is 0.582. The molecule has 5 nitrogen and oxygen atoms in total. The first-order valence-corrected chi connectivity index (χ1v) is 5.14. The van der Waals surface area contributed by atoms with Crippen molar-refractivity contribution < 1.29 is 4.79 Å². The zero-order chi connectivity index (χ0) is 11.3. The number of nitrogens with zero attached hydrogens (tertiary/aromatic N) is 2. The molecule has 0 bridgehead atoms. The van der Waals surface area contributed by atoms with Gasteiger partial charge in [0, 0.05) is 25.8 Å². The minimum Gasteiger partial charge on any atom is -0.349 e. The minimum atomic E-state index is -0.0836. The Morgan fingerprint density at radius 2 is 2.31 bits per heavy atom. The molecule has 1 aromatic rings. The van der Waals surface area contributed by atoms with E-state index >= 15 is 0 Å². The van der Waals surface area contributed by atoms with E-state index in [1.165, 1.54) is 0 Å². The van der Waals surface area contributed by atoms with Crippen LogP contribution >= 0.6 is 12.4 Å². The van der Waals surface area contributed by atoms with Crippen molar-refractivity contribution in [3.63, 3.8) is 0 Å². The van der Waals surface area contributed by atoms with Crippen molar-refractivity contribution in [2.45, 2.75) is 19.9 Å². The van der Waals surface area contributed by atoms with Gasteiger partial charge in [-0.25, -0.2) is 0 Å². The number of carbonyl (C=O) groups excluding carboxylic acids is 1. The van der Waals surface area contributed by atoms with Crippen molar-refractivity contribution in [3.05, 3.63) is 18.0 Å². The van der Waals surface area contributed by atoms with E-state index in [0.29, 0.717) is 12.2 Å². The quantitative estimate of drug-likeness (QED) is 0.799. The van der Waals surface area contributed by atoms with Crippen molar-refractivity contribution in [2.24, 2.45) is 7.05 Å². The molecule has 1 atom stereocenters. The summed E-state index contributed by atoms with van der Waals surface area (Å²) in [4.78, 5) is 11.6. The van der Waals surface area contributed by atoms with Crippen molar-refractivity contribution in [1.29, 1.82) is 0 Å². The fraction of sp³-hybridized carbons (Fsp3) is 0.600. The highest BCUT2D eigenvalue weighted by Crippen LogP contribution is 1.95. The Kier molecular flexibility index (Phi) is 6.76. The first kappa shape index (κ1) is 14.9. The molecule has 1 aromatic heterocycles. The van der Waals surface area contributed by atoms with E-state index in [-0.39, 0.29) is 24.4 Å². The molecule has 0 aliphatic rings. The van der Waals surface area contributed by atoms with Crippen molar-refractivity contribution in [2.75, 3.05) is 13.1 Å². The summed E-state index contributed by atoms with van der Waals surface area (Å²) in [6, 6.07) is 1.99. The molecule has 1 amide bonds. The summed E-state index contributed by atoms with van der Waals surface area (Å²) in [6.07, 6.45) is 1.61. The van der Waals surface area contributed by atoms with Gasteiger partial charge in [-0.1, -0.05) is 6.92 Å². The van der Waals surface area contributed by atoms with Crippen LogP contribution in [0.3, 0.4) is 0 Å². The molecule has 6 heteroatoms. The highest BCUT2D eigenvalue weighted by molar-refractivity contribution is 5.92. The Balaban J connectivity index is 0.00000225. The van der Waals surface area contributed by atoms with Gasteiger partial charge in [0.05, 0.1) is 0 Å². The third-order valence-electron chi connectivity index (χ3n) is 2.17. The molecule has 1 rings (SSSR count). The van der Waals surface area contributed by atoms with Crippen LogP contribution in [0, 0.1) is 0 Å². The summed E-state index contributed by atoms with van der Waals surface area (Å²) < 4.78 is 1.56. The maximum atomic E-state index is 11.6. The number of hydrogen-bond acceptors (Lipinski definition) is 3. The normalized spacial score (nSPS) is 11.7. The summed E-state index contributed by atoms with van der Waals surface area (Å²) in [6.45, 7) is 5.60. The number of aryl methyl sites for hydroxylation is 1. The largest absolute Gasteiger partial charge is 0.349 e. The van der Waals surface area contributed by atoms with E-state index in [1.54, 1.807) is 24.0 Å². The van der Waals surface area contributed by atoms with Crippen molar-refractivity contribution in [1.82, 2.24) is 20.4 Å². The van der Waals surface area contributed by atoms with Gasteiger partial charge >= 0.3 is 0 Å². The van der Waals surface area contributed by atoms with Gasteiger partial charge in [0.2, 0.25) is 0 Å². The molecular weight excluding hydrogens is 228 g/mol. The number of amides is 1. The summed E-state index contributed by atoms with van der Waals surface area (Å²) in [5.74, 6) is -0.0836. The van der Waals surface area contributed by atoms with Crippen LogP contribution < -0.4 is 10.6 Å². The molecule has 0 fully saturated rings. The molecule has 0 unspecified atom stereocenters. The molecule has 0 aromatic carbocycles. The first-order chi connectivity index (χ1) is 7.15. The molecule has 0 aliphatic carbocycles. The van der Waals surface area contributed by atoms with Crippen LogP contribution in [-0.4, -0.2) is 34.8 Å². The first-order valence-electron chi connectivity index (χ1n) is 5.14. The average Bonchev–Trinajstić information content (AvgIpc) is 2.61. The van der Waals surface area contributed by atoms with E-state index < -0.39 is 0 Å². The molecule has 0 saturated carbocycles. The van der Waals surface area contributed by atoms with Gasteiger partial charge in [-0.2, -0.15) is 5.10 Å². The Morgan fingerprint density at radius 3 is 2.81 bits per heavy atom. The smallest absolute Gasteiger partial charge is 0.269 e. The molecule has 0 radical (unpaired) electrons. The molecule has 0 saturated heterocycles. The number of halogens is 1. The van der Waals surface area contributed by atoms with Crippen LogP contribution in [0.15, 0.2) is 12.3 Å². The number of carbonyl (C=O) groups is 1. The van der Waals surface area contributed by atoms with Crippen molar-refractivity contribution >= 4 is 18.3 Å². The second-order valence-corrected chi connectivity index (χ2v) is 3.51. The fourth-order valence-corrected chi connectivity index (χ4v) is 1.35. The van der Waals surface area contributed by atoms with E-state index in [4.69, 9.17) is 0 Å². The predicted octanol–water partition coefficient (Wildman–Crippen LogP) is 0.570. The SMILES string of the molecule is CCN[C@H](C)CNC(=O)c1ccnn1C.Cl. The molecule has 0 spiro atoms. The Labute approximate surface area is 102 Å². The monoisotopic (exact) mass is 246 g/mol. The Bertz CT molecular complexity index is 326. The second-order valence-electron chi connectivity index (χ2n) is 3.51. The Hall–Kier alpha value is -1.07. The van der Waals surface area contributed by atoms with Crippen molar-refractivity contribution in [3.8, 4) is 0 Å². The van der Waals surface area contributed by atoms with Crippen LogP contribution in [0.4, 0.5) is 0 Å². The molecule has 16 heavy (non-hydrogen) atoms. The van der Waals surface area contributed by atoms with Gasteiger partial charge in [-0.3, -0.25) is 9.48 Å². The molecular formula is C10H19ClN4O. The van der Waals surface area contributed by atoms with Crippen LogP contribution in [0.2, 0.25) is 0 Å². The number of likely N-dealkylation sites (N-methyl/N-ethyl adjacent to an activating group) is 1. The third-order valence-corrected chi connectivity index (χ3v) is 2.17. The summed E-state index contributed by atoms with van der Waals surface area (Å²) in [5, 5.41) is 10.0. The fourth-order valence-electron chi connectivity index (χ4n) is 1.35. The third kappa shape index (κ3) is 4.20. The van der Waals surface area contributed by atoms with E-state index in [9.17, 15) is 4.79 Å². The lowest BCUT2D eigenvalue weighted by Crippen LogP contribution is -2.39. The van der Waals surface area contributed by atoms with Gasteiger partial charge in [0.15, 0.2) is 0 Å². The number of nitrogens with one attached hydrogen (secondary N) is 2. The highest BCUT2D eigenvalue weighted by Gasteiger charge is 2.09. The predicted molar refractivity (Wildman–Crippen MR) is 65.9 cm³/mol. The molecule has 0 aliphatic heterocycles. The lowest BCUT2D eigenvalue weighted by atomic mass is 10.3.